The van der Waals surface area contributed by atoms with E-state index >= 15 is 0 Å². The van der Waals surface area contributed by atoms with E-state index in [4.69, 9.17) is 5.11 Å². The number of carboxylic acid groups (broad SMARTS) is 1. The van der Waals surface area contributed by atoms with Crippen LogP contribution in [0.3, 0.4) is 0 Å². The molecule has 2 N–H and O–H groups in total. The van der Waals surface area contributed by atoms with E-state index in [1.807, 2.05) is 26.0 Å². The summed E-state index contributed by atoms with van der Waals surface area (Å²) in [4.78, 5) is 10.4. The second-order valence-corrected chi connectivity index (χ2v) is 3.48. The maximum absolute atomic E-state index is 10.4. The lowest BCUT2D eigenvalue weighted by Crippen LogP contribution is -1.98. The lowest BCUT2D eigenvalue weighted by molar-refractivity contribution is -0.136. The third-order valence-electron chi connectivity index (χ3n) is 2.13. The van der Waals surface area contributed by atoms with Gasteiger partial charge in [0.2, 0.25) is 0 Å². The Balaban J connectivity index is 2.90. The minimum absolute atomic E-state index is 0.0520. The Morgan fingerprint density at radius 1 is 1.36 bits per heavy atom. The molecule has 0 saturated carbocycles. The Bertz CT molecular complexity index is 356. The largest absolute Gasteiger partial charge is 0.507 e. The highest BCUT2D eigenvalue weighted by Crippen LogP contribution is 2.24. The number of carbonyl (C=O) groups is 1. The number of rotatable bonds is 3. The summed E-state index contributed by atoms with van der Waals surface area (Å²) >= 11 is 0. The van der Waals surface area contributed by atoms with Crippen LogP contribution in [0.4, 0.5) is 0 Å². The molecule has 14 heavy (non-hydrogen) atoms. The summed E-state index contributed by atoms with van der Waals surface area (Å²) in [7, 11) is 0. The van der Waals surface area contributed by atoms with E-state index in [2.05, 4.69) is 0 Å². The standard InChI is InChI=1S/C11H14O3/c1-7-5-8(2)11(14)9(6-7)3-4-10(12)13/h5-6,14H,3-4H2,1-2H3,(H,12,13). The van der Waals surface area contributed by atoms with Crippen molar-refractivity contribution in [1.29, 1.82) is 0 Å². The second kappa shape index (κ2) is 4.13. The molecule has 76 valence electrons. The van der Waals surface area contributed by atoms with Crippen molar-refractivity contribution in [1.82, 2.24) is 0 Å². The van der Waals surface area contributed by atoms with E-state index in [1.54, 1.807) is 0 Å². The zero-order chi connectivity index (χ0) is 10.7. The highest BCUT2D eigenvalue weighted by Gasteiger charge is 2.07. The first-order valence-electron chi connectivity index (χ1n) is 4.51. The highest BCUT2D eigenvalue weighted by atomic mass is 16.4. The number of benzene rings is 1. The van der Waals surface area contributed by atoms with Crippen molar-refractivity contribution in [2.45, 2.75) is 26.7 Å². The summed E-state index contributed by atoms with van der Waals surface area (Å²) < 4.78 is 0. The molecule has 1 aromatic carbocycles. The quantitative estimate of drug-likeness (QED) is 0.774. The third kappa shape index (κ3) is 2.49. The van der Waals surface area contributed by atoms with Gasteiger partial charge in [0, 0.05) is 6.42 Å². The number of hydrogen-bond acceptors (Lipinski definition) is 2. The Hall–Kier alpha value is -1.51. The van der Waals surface area contributed by atoms with Crippen LogP contribution >= 0.6 is 0 Å². The van der Waals surface area contributed by atoms with Crippen LogP contribution in [0.2, 0.25) is 0 Å². The van der Waals surface area contributed by atoms with Crippen LogP contribution in [-0.4, -0.2) is 16.2 Å². The van der Waals surface area contributed by atoms with Crippen LogP contribution in [0, 0.1) is 13.8 Å². The van der Waals surface area contributed by atoms with Gasteiger partial charge in [0.1, 0.15) is 5.75 Å². The third-order valence-corrected chi connectivity index (χ3v) is 2.13. The SMILES string of the molecule is Cc1cc(C)c(O)c(CCC(=O)O)c1. The normalized spacial score (nSPS) is 10.1. The first kappa shape index (κ1) is 10.6. The number of hydrogen-bond donors (Lipinski definition) is 2. The van der Waals surface area contributed by atoms with Crippen LogP contribution in [0.15, 0.2) is 12.1 Å². The van der Waals surface area contributed by atoms with E-state index in [0.29, 0.717) is 12.0 Å². The number of aryl methyl sites for hydroxylation is 3. The topological polar surface area (TPSA) is 57.5 Å². The first-order chi connectivity index (χ1) is 6.50. The number of carboxylic acids is 1. The number of phenols is 1. The molecule has 1 rings (SSSR count). The number of aromatic hydroxyl groups is 1. The Labute approximate surface area is 83.0 Å². The summed E-state index contributed by atoms with van der Waals surface area (Å²) in [5.74, 6) is -0.625. The van der Waals surface area contributed by atoms with Gasteiger partial charge in [0.25, 0.3) is 0 Å². The van der Waals surface area contributed by atoms with Gasteiger partial charge >= 0.3 is 5.97 Å². The zero-order valence-electron chi connectivity index (χ0n) is 8.37. The van der Waals surface area contributed by atoms with Gasteiger partial charge in [-0.3, -0.25) is 4.79 Å². The second-order valence-electron chi connectivity index (χ2n) is 3.48. The fourth-order valence-corrected chi connectivity index (χ4v) is 1.48. The van der Waals surface area contributed by atoms with Gasteiger partial charge in [0.05, 0.1) is 0 Å². The van der Waals surface area contributed by atoms with E-state index in [9.17, 15) is 9.90 Å². The number of aliphatic carboxylic acids is 1. The minimum Gasteiger partial charge on any atom is -0.507 e. The van der Waals surface area contributed by atoms with Crippen molar-refractivity contribution in [3.8, 4) is 5.75 Å². The number of phenolic OH excluding ortho intramolecular Hbond substituents is 1. The molecule has 0 aromatic heterocycles. The monoisotopic (exact) mass is 194 g/mol. The van der Waals surface area contributed by atoms with Crippen molar-refractivity contribution in [3.05, 3.63) is 28.8 Å². The summed E-state index contributed by atoms with van der Waals surface area (Å²) in [5.41, 5.74) is 2.55. The molecular weight excluding hydrogens is 180 g/mol. The Kier molecular flexibility index (Phi) is 3.12. The summed E-state index contributed by atoms with van der Waals surface area (Å²) in [6.07, 6.45) is 0.431. The predicted molar refractivity (Wildman–Crippen MR) is 53.5 cm³/mol. The van der Waals surface area contributed by atoms with Gasteiger partial charge in [-0.05, 0) is 31.4 Å². The lowest BCUT2D eigenvalue weighted by Gasteiger charge is -2.07. The van der Waals surface area contributed by atoms with Crippen molar-refractivity contribution in [3.63, 3.8) is 0 Å². The molecule has 0 unspecified atom stereocenters. The van der Waals surface area contributed by atoms with Crippen molar-refractivity contribution in [2.75, 3.05) is 0 Å². The maximum Gasteiger partial charge on any atom is 0.303 e. The Morgan fingerprint density at radius 3 is 2.57 bits per heavy atom. The zero-order valence-corrected chi connectivity index (χ0v) is 8.37. The summed E-state index contributed by atoms with van der Waals surface area (Å²) in [6.45, 7) is 3.74. The molecule has 0 fully saturated rings. The molecule has 0 aliphatic carbocycles. The predicted octanol–water partition coefficient (Wildman–Crippen LogP) is 2.03. The van der Waals surface area contributed by atoms with E-state index in [-0.39, 0.29) is 12.2 Å². The van der Waals surface area contributed by atoms with Gasteiger partial charge < -0.3 is 10.2 Å². The fourth-order valence-electron chi connectivity index (χ4n) is 1.48. The van der Waals surface area contributed by atoms with Crippen molar-refractivity contribution < 1.29 is 15.0 Å². The smallest absolute Gasteiger partial charge is 0.303 e. The van der Waals surface area contributed by atoms with Gasteiger partial charge in [-0.1, -0.05) is 17.7 Å². The van der Waals surface area contributed by atoms with Crippen LogP contribution in [0.1, 0.15) is 23.1 Å². The van der Waals surface area contributed by atoms with E-state index in [1.165, 1.54) is 0 Å². The van der Waals surface area contributed by atoms with Gasteiger partial charge in [-0.2, -0.15) is 0 Å². The molecule has 0 saturated heterocycles. The fraction of sp³-hybridized carbons (Fsp3) is 0.364. The molecule has 0 heterocycles. The van der Waals surface area contributed by atoms with Crippen LogP contribution in [0.5, 0.6) is 5.75 Å². The van der Waals surface area contributed by atoms with Crippen molar-refractivity contribution in [2.24, 2.45) is 0 Å². The van der Waals surface area contributed by atoms with Gasteiger partial charge in [-0.25, -0.2) is 0 Å². The lowest BCUT2D eigenvalue weighted by atomic mass is 10.0. The Morgan fingerprint density at radius 2 is 2.00 bits per heavy atom. The van der Waals surface area contributed by atoms with Gasteiger partial charge in [-0.15, -0.1) is 0 Å². The average Bonchev–Trinajstić information content (AvgIpc) is 2.08. The molecule has 0 atom stereocenters. The molecule has 1 aromatic rings. The van der Waals surface area contributed by atoms with Crippen LogP contribution in [-0.2, 0) is 11.2 Å². The summed E-state index contributed by atoms with van der Waals surface area (Å²) in [5, 5.41) is 18.2. The average molecular weight is 194 g/mol. The molecule has 0 amide bonds. The minimum atomic E-state index is -0.844. The van der Waals surface area contributed by atoms with E-state index in [0.717, 1.165) is 11.1 Å². The molecular formula is C11H14O3. The van der Waals surface area contributed by atoms with Crippen LogP contribution in [0.25, 0.3) is 0 Å². The molecule has 0 radical (unpaired) electrons. The molecule has 0 aliphatic heterocycles. The summed E-state index contributed by atoms with van der Waals surface area (Å²) in [6, 6.07) is 3.70. The maximum atomic E-state index is 10.4. The highest BCUT2D eigenvalue weighted by molar-refractivity contribution is 5.67. The van der Waals surface area contributed by atoms with E-state index < -0.39 is 5.97 Å². The van der Waals surface area contributed by atoms with Crippen molar-refractivity contribution >= 4 is 5.97 Å². The molecule has 0 bridgehead atoms. The molecule has 3 nitrogen and oxygen atoms in total. The first-order valence-corrected chi connectivity index (χ1v) is 4.51. The van der Waals surface area contributed by atoms with Gasteiger partial charge in [0.15, 0.2) is 0 Å². The molecule has 0 aliphatic rings. The molecule has 3 heteroatoms. The molecule has 0 spiro atoms. The van der Waals surface area contributed by atoms with Crippen LogP contribution < -0.4 is 0 Å².